The molecule has 680 valence electrons. The van der Waals surface area contributed by atoms with Crippen LogP contribution in [0.3, 0.4) is 0 Å². The fraction of sp³-hybridized carbons (Fsp3) is 0.444. The van der Waals surface area contributed by atoms with Crippen LogP contribution in [0.5, 0.6) is 0 Å². The Morgan fingerprint density at radius 2 is 0.769 bits per heavy atom. The molecule has 0 radical (unpaired) electrons. The van der Waals surface area contributed by atoms with Crippen LogP contribution in [-0.2, 0) is 54.1 Å². The molecule has 0 unspecified atom stereocenters. The Bertz CT molecular complexity index is 5810. The van der Waals surface area contributed by atoms with Crippen molar-refractivity contribution in [3.8, 4) is 0 Å². The summed E-state index contributed by atoms with van der Waals surface area (Å²) < 4.78 is 18.3. The minimum absolute atomic E-state index is 0.00243. The Morgan fingerprint density at radius 3 is 1.39 bits per heavy atom. The molecule has 0 aliphatic heterocycles. The molecule has 0 amide bonds. The first-order valence-electron chi connectivity index (χ1n) is 42.4. The zero-order valence-electron chi connectivity index (χ0n) is 80.2. The third-order valence-corrected chi connectivity index (χ3v) is 19.0. The van der Waals surface area contributed by atoms with E-state index in [1.807, 2.05) is 113 Å². The van der Waals surface area contributed by atoms with Gasteiger partial charge in [-0.05, 0) is 18.2 Å². The minimum atomic E-state index is -0.0201. The zero-order valence-corrected chi connectivity index (χ0v) is 80.2. The van der Waals surface area contributed by atoms with Gasteiger partial charge in [-0.25, -0.2) is 73.4 Å². The van der Waals surface area contributed by atoms with E-state index in [9.17, 15) is 0 Å². The van der Waals surface area contributed by atoms with Gasteiger partial charge in [0.25, 0.3) is 17.3 Å². The van der Waals surface area contributed by atoms with Crippen molar-refractivity contribution in [3.63, 3.8) is 0 Å². The molecular weight excluding hydrogens is 1640 g/mol. The van der Waals surface area contributed by atoms with Gasteiger partial charge in [-0.2, -0.15) is 30.0 Å². The second-order valence-electron chi connectivity index (χ2n) is 40.8. The van der Waals surface area contributed by atoms with Crippen molar-refractivity contribution in [1.82, 2.24) is 196 Å². The quantitative estimate of drug-likeness (QED) is 0.136. The molecule has 0 atom stereocenters. The second kappa shape index (κ2) is 38.6. The smallest absolute Gasteiger partial charge is 0.254 e. The third-order valence-electron chi connectivity index (χ3n) is 19.0. The van der Waals surface area contributed by atoms with E-state index in [2.05, 4.69) is 359 Å². The predicted molar refractivity (Wildman–Crippen MR) is 495 cm³/mol. The summed E-state index contributed by atoms with van der Waals surface area (Å²) in [6.45, 7) is 63.6. The molecule has 0 aromatic carbocycles. The number of imidazole rings is 6. The van der Waals surface area contributed by atoms with Gasteiger partial charge in [0.2, 0.25) is 5.78 Å². The van der Waals surface area contributed by atoms with Crippen LogP contribution in [0.25, 0.3) is 57.0 Å². The highest BCUT2D eigenvalue weighted by molar-refractivity contribution is 5.42. The summed E-state index contributed by atoms with van der Waals surface area (Å²) in [5.41, 5.74) is 11.5. The van der Waals surface area contributed by atoms with Crippen LogP contribution >= 0.6 is 0 Å². The lowest BCUT2D eigenvalue weighted by Crippen LogP contribution is -2.16. The SMILES string of the molecule is CC(C)(C)c1cn2ccnnc2n1.CC(C)(C)c1cn2cncnc2n1.CC(C)(C)c1cn2cnncc2n1.CC(C)(C)c1cn2nccnc2n1.CC(C)(C)c1cn2ncncc2n1.CC(C)(C)c1cn2nnccc2n1.CC(C)(C)c1nnc2cccnn12.CC(C)(C)c1nnc2ccncn12.CC(C)(C)c1nnc2cnccn12.CC(C)(C)c1nnc2ncccn12. The predicted octanol–water partition coefficient (Wildman–Crippen LogP) is 14.2. The minimum Gasteiger partial charge on any atom is -0.288 e. The molecule has 0 fully saturated rings. The van der Waals surface area contributed by atoms with Crippen molar-refractivity contribution < 1.29 is 0 Å². The molecule has 0 aliphatic rings. The monoisotopic (exact) mass is 1760 g/mol. The van der Waals surface area contributed by atoms with Gasteiger partial charge in [0, 0.05) is 128 Å². The van der Waals surface area contributed by atoms with Gasteiger partial charge >= 0.3 is 0 Å². The van der Waals surface area contributed by atoms with E-state index in [0.717, 1.165) is 91.3 Å². The number of hydrogen-bond acceptors (Lipinski definition) is 30. The molecule has 40 heteroatoms. The summed E-state index contributed by atoms with van der Waals surface area (Å²) in [6, 6.07) is 9.34. The van der Waals surface area contributed by atoms with E-state index < -0.39 is 0 Å². The Labute approximate surface area is 754 Å². The largest absolute Gasteiger partial charge is 0.288 e. The van der Waals surface area contributed by atoms with Gasteiger partial charge in [-0.3, -0.25) is 31.4 Å². The molecule has 0 spiro atoms. The van der Waals surface area contributed by atoms with Crippen molar-refractivity contribution in [2.24, 2.45) is 0 Å². The first-order valence-corrected chi connectivity index (χ1v) is 42.4. The highest BCUT2D eigenvalue weighted by Crippen LogP contribution is 2.28. The van der Waals surface area contributed by atoms with Crippen LogP contribution in [0.1, 0.15) is 265 Å². The number of rotatable bonds is 0. The number of aromatic nitrogens is 40. The molecule has 20 heterocycles. The molecule has 20 aromatic heterocycles. The van der Waals surface area contributed by atoms with Gasteiger partial charge in [-0.1, -0.05) is 213 Å². The lowest BCUT2D eigenvalue weighted by Gasteiger charge is -2.14. The number of fused-ring (bicyclic) bond motifs is 10. The van der Waals surface area contributed by atoms with Crippen molar-refractivity contribution >= 4 is 57.0 Å². The van der Waals surface area contributed by atoms with Gasteiger partial charge in [0.1, 0.15) is 49.1 Å². The van der Waals surface area contributed by atoms with Gasteiger partial charge < -0.3 is 0 Å². The lowest BCUT2D eigenvalue weighted by molar-refractivity contribution is 0.526. The van der Waals surface area contributed by atoms with Gasteiger partial charge in [0.05, 0.1) is 96.1 Å². The molecule has 0 saturated heterocycles. The Balaban J connectivity index is 0.000000140. The highest BCUT2D eigenvalue weighted by Gasteiger charge is 2.27. The Kier molecular flexibility index (Phi) is 28.5. The molecule has 0 aliphatic carbocycles. The van der Waals surface area contributed by atoms with Crippen molar-refractivity contribution in [1.29, 1.82) is 0 Å². The molecule has 0 bridgehead atoms. The standard InChI is InChI=1S/10C9H12N4/c1-9(2,3)7-5-13-6-11-10-4-8(13)12-7;1-9(2,3)7-5-13-8(12-7)4-10-6-11-13;1-9(2,3)7-4-13-6-10-5-11-8(13)12-7;1-9(2,3)8-12-11-7-6-10-4-5-13(7)8;1-9(2,3)7-6-13-5-4-10-12-8(13)11-7;1-9(2,3)7-6-13-8(12-7)10-4-5-11-13;1-9(2,3)7-6-13-8(11-7)4-5-10-12-13;1-9(2,3)8-12-11-7-4-5-10-6-13(7)8;1-9(2,3)7-11-12-8-10-5-4-6-13(7)8;1-9(2,3)8-12-11-7-5-4-6-10-13(7)8/h10*4-6H,1-3H3. The van der Waals surface area contributed by atoms with Crippen molar-refractivity contribution in [2.75, 3.05) is 0 Å². The Hall–Kier alpha value is -14.5. The summed E-state index contributed by atoms with van der Waals surface area (Å²) in [6.07, 6.45) is 44.2. The third kappa shape index (κ3) is 25.0. The molecule has 20 rings (SSSR count). The summed E-state index contributed by atoms with van der Waals surface area (Å²) in [4.78, 5) is 54.6. The maximum absolute atomic E-state index is 4.44. The average Bonchev–Trinajstić information content (AvgIpc) is 1.65. The average molecular weight is 1760 g/mol. The van der Waals surface area contributed by atoms with Crippen LogP contribution in [0.2, 0.25) is 0 Å². The Morgan fingerprint density at radius 1 is 0.238 bits per heavy atom. The van der Waals surface area contributed by atoms with E-state index in [1.165, 1.54) is 12.7 Å². The summed E-state index contributed by atoms with van der Waals surface area (Å²) >= 11 is 0. The summed E-state index contributed by atoms with van der Waals surface area (Å²) in [7, 11) is 0. The number of nitrogens with zero attached hydrogens (tertiary/aromatic N) is 40. The molecule has 40 nitrogen and oxygen atoms in total. The first kappa shape index (κ1) is 96.1. The second-order valence-corrected chi connectivity index (χ2v) is 40.8. The fourth-order valence-corrected chi connectivity index (χ4v) is 11.7. The summed E-state index contributed by atoms with van der Waals surface area (Å²) in [5, 5.41) is 67.9. The molecule has 130 heavy (non-hydrogen) atoms. The topological polar surface area (TPSA) is 431 Å². The number of hydrogen-bond donors (Lipinski definition) is 0. The lowest BCUT2D eigenvalue weighted by atomic mass is 9.93. The van der Waals surface area contributed by atoms with E-state index in [-0.39, 0.29) is 54.1 Å². The van der Waals surface area contributed by atoms with Crippen molar-refractivity contribution in [3.05, 3.63) is 243 Å². The fourth-order valence-electron chi connectivity index (χ4n) is 11.7. The molecule has 0 saturated carbocycles. The highest BCUT2D eigenvalue weighted by atomic mass is 15.4. The van der Waals surface area contributed by atoms with Crippen LogP contribution < -0.4 is 0 Å². The molecule has 20 aromatic rings. The zero-order chi connectivity index (χ0) is 94.7. The van der Waals surface area contributed by atoms with E-state index >= 15 is 0 Å². The molecular formula is C90H120N40. The van der Waals surface area contributed by atoms with E-state index in [0.29, 0.717) is 23.1 Å². The maximum Gasteiger partial charge on any atom is 0.254 e. The van der Waals surface area contributed by atoms with Crippen LogP contribution in [0, 0.1) is 0 Å². The van der Waals surface area contributed by atoms with Crippen LogP contribution in [0.4, 0.5) is 0 Å². The normalized spacial score (nSPS) is 12.2. The first-order chi connectivity index (χ1) is 60.8. The van der Waals surface area contributed by atoms with Crippen LogP contribution in [0.15, 0.2) is 186 Å². The van der Waals surface area contributed by atoms with E-state index in [1.54, 1.807) is 105 Å². The van der Waals surface area contributed by atoms with Crippen LogP contribution in [-0.4, -0.2) is 196 Å². The molecule has 0 N–H and O–H groups in total. The van der Waals surface area contributed by atoms with Gasteiger partial charge in [-0.15, -0.1) is 56.1 Å². The maximum atomic E-state index is 4.44. The van der Waals surface area contributed by atoms with E-state index in [4.69, 9.17) is 0 Å². The summed E-state index contributed by atoms with van der Waals surface area (Å²) in [5.74, 6) is 6.42. The van der Waals surface area contributed by atoms with Crippen molar-refractivity contribution in [2.45, 2.75) is 262 Å². The van der Waals surface area contributed by atoms with Gasteiger partial charge in [0.15, 0.2) is 39.7 Å².